The molecule has 0 atom stereocenters. The SMILES string of the molecule is CCn1cnc2c(Nc3ccc(NS(=O)(=O)C(C)C)cc3)nc(NC3CCC(O)CC3)nc21. The van der Waals surface area contributed by atoms with Gasteiger partial charge >= 0.3 is 0 Å². The minimum Gasteiger partial charge on any atom is -0.393 e. The molecule has 0 aliphatic heterocycles. The molecule has 1 fully saturated rings. The van der Waals surface area contributed by atoms with Gasteiger partial charge < -0.3 is 20.3 Å². The summed E-state index contributed by atoms with van der Waals surface area (Å²) in [6.45, 7) is 6.03. The standard InChI is InChI=1S/C22H31N7O3S/c1-4-29-13-23-19-20(24-15-5-7-17(8-6-15)28-33(31,32)14(2)3)26-22(27-21(19)29)25-16-9-11-18(30)12-10-16/h5-8,13-14,16,18,28,30H,4,9-12H2,1-3H3,(H2,24,25,26,27). The number of hydrogen-bond donors (Lipinski definition) is 4. The highest BCUT2D eigenvalue weighted by Crippen LogP contribution is 2.27. The Morgan fingerprint density at radius 2 is 1.76 bits per heavy atom. The Morgan fingerprint density at radius 1 is 1.09 bits per heavy atom. The minimum absolute atomic E-state index is 0.213. The zero-order valence-electron chi connectivity index (χ0n) is 19.1. The van der Waals surface area contributed by atoms with Gasteiger partial charge in [-0.2, -0.15) is 9.97 Å². The summed E-state index contributed by atoms with van der Waals surface area (Å²) in [6.07, 6.45) is 4.79. The highest BCUT2D eigenvalue weighted by atomic mass is 32.2. The molecule has 4 rings (SSSR count). The predicted octanol–water partition coefficient (Wildman–Crippen LogP) is 3.46. The van der Waals surface area contributed by atoms with Gasteiger partial charge in [-0.25, -0.2) is 13.4 Å². The highest BCUT2D eigenvalue weighted by Gasteiger charge is 2.21. The van der Waals surface area contributed by atoms with E-state index in [0.29, 0.717) is 23.0 Å². The number of imidazole rings is 1. The van der Waals surface area contributed by atoms with Crippen molar-refractivity contribution >= 4 is 44.3 Å². The first-order valence-electron chi connectivity index (χ1n) is 11.3. The maximum absolute atomic E-state index is 12.1. The molecule has 1 saturated carbocycles. The molecule has 1 aliphatic carbocycles. The molecule has 178 valence electrons. The summed E-state index contributed by atoms with van der Waals surface area (Å²) >= 11 is 0. The summed E-state index contributed by atoms with van der Waals surface area (Å²) in [6, 6.07) is 7.21. The van der Waals surface area contributed by atoms with Crippen molar-refractivity contribution in [3.8, 4) is 0 Å². The number of aliphatic hydroxyl groups is 1. The van der Waals surface area contributed by atoms with Crippen LogP contribution in [-0.4, -0.2) is 50.4 Å². The molecule has 0 unspecified atom stereocenters. The highest BCUT2D eigenvalue weighted by molar-refractivity contribution is 7.93. The third-order valence-corrected chi connectivity index (χ3v) is 7.62. The van der Waals surface area contributed by atoms with Crippen LogP contribution in [0.4, 0.5) is 23.1 Å². The van der Waals surface area contributed by atoms with Crippen LogP contribution in [0.15, 0.2) is 30.6 Å². The molecular formula is C22H31N7O3S. The first-order valence-corrected chi connectivity index (χ1v) is 12.9. The van der Waals surface area contributed by atoms with Crippen molar-refractivity contribution in [3.05, 3.63) is 30.6 Å². The molecule has 3 aromatic rings. The van der Waals surface area contributed by atoms with Crippen LogP contribution in [0.5, 0.6) is 0 Å². The number of nitrogens with one attached hydrogen (secondary N) is 3. The van der Waals surface area contributed by atoms with E-state index in [2.05, 4.69) is 25.3 Å². The Hall–Kier alpha value is -2.92. The van der Waals surface area contributed by atoms with Crippen LogP contribution in [0.3, 0.4) is 0 Å². The van der Waals surface area contributed by atoms with Crippen molar-refractivity contribution in [2.24, 2.45) is 0 Å². The predicted molar refractivity (Wildman–Crippen MR) is 130 cm³/mol. The molecule has 10 nitrogen and oxygen atoms in total. The summed E-state index contributed by atoms with van der Waals surface area (Å²) in [5.41, 5.74) is 2.64. The normalized spacial score (nSPS) is 19.1. The zero-order valence-corrected chi connectivity index (χ0v) is 19.9. The third-order valence-electron chi connectivity index (χ3n) is 5.86. The number of aliphatic hydroxyl groups excluding tert-OH is 1. The van der Waals surface area contributed by atoms with E-state index in [1.807, 2.05) is 11.5 Å². The van der Waals surface area contributed by atoms with Crippen LogP contribution in [0.1, 0.15) is 46.5 Å². The van der Waals surface area contributed by atoms with E-state index in [9.17, 15) is 13.5 Å². The van der Waals surface area contributed by atoms with Crippen molar-refractivity contribution in [2.75, 3.05) is 15.4 Å². The van der Waals surface area contributed by atoms with Gasteiger partial charge in [0, 0.05) is 24.0 Å². The second kappa shape index (κ2) is 9.52. The van der Waals surface area contributed by atoms with Gasteiger partial charge in [-0.05, 0) is 70.7 Å². The summed E-state index contributed by atoms with van der Waals surface area (Å²) in [5, 5.41) is 16.0. The lowest BCUT2D eigenvalue weighted by molar-refractivity contribution is 0.126. The second-order valence-electron chi connectivity index (χ2n) is 8.65. The van der Waals surface area contributed by atoms with E-state index in [1.165, 1.54) is 0 Å². The van der Waals surface area contributed by atoms with Crippen LogP contribution >= 0.6 is 0 Å². The largest absolute Gasteiger partial charge is 0.393 e. The molecule has 1 aliphatic rings. The average Bonchev–Trinajstić information content (AvgIpc) is 3.20. The van der Waals surface area contributed by atoms with E-state index in [4.69, 9.17) is 4.98 Å². The van der Waals surface area contributed by atoms with Crippen LogP contribution in [-0.2, 0) is 16.6 Å². The van der Waals surface area contributed by atoms with Crippen LogP contribution in [0.2, 0.25) is 0 Å². The lowest BCUT2D eigenvalue weighted by atomic mass is 9.93. The Labute approximate surface area is 193 Å². The van der Waals surface area contributed by atoms with Crippen molar-refractivity contribution in [1.82, 2.24) is 19.5 Å². The van der Waals surface area contributed by atoms with E-state index in [0.717, 1.165) is 43.6 Å². The smallest absolute Gasteiger partial charge is 0.235 e. The molecule has 33 heavy (non-hydrogen) atoms. The molecular weight excluding hydrogens is 442 g/mol. The van der Waals surface area contributed by atoms with Gasteiger partial charge in [0.1, 0.15) is 0 Å². The molecule has 2 aromatic heterocycles. The topological polar surface area (TPSA) is 134 Å². The fourth-order valence-electron chi connectivity index (χ4n) is 3.77. The molecule has 0 radical (unpaired) electrons. The number of rotatable bonds is 8. The molecule has 4 N–H and O–H groups in total. The van der Waals surface area contributed by atoms with E-state index < -0.39 is 15.3 Å². The van der Waals surface area contributed by atoms with Gasteiger partial charge in [0.05, 0.1) is 17.7 Å². The van der Waals surface area contributed by atoms with Gasteiger partial charge in [0.15, 0.2) is 17.0 Å². The van der Waals surface area contributed by atoms with Crippen molar-refractivity contribution in [3.63, 3.8) is 0 Å². The third kappa shape index (κ3) is 5.36. The van der Waals surface area contributed by atoms with Gasteiger partial charge in [0.2, 0.25) is 16.0 Å². The lowest BCUT2D eigenvalue weighted by Gasteiger charge is -2.26. The summed E-state index contributed by atoms with van der Waals surface area (Å²) in [7, 11) is -3.40. The zero-order chi connectivity index (χ0) is 23.6. The van der Waals surface area contributed by atoms with Gasteiger partial charge in [0.25, 0.3) is 0 Å². The average molecular weight is 474 g/mol. The Kier molecular flexibility index (Phi) is 6.71. The van der Waals surface area contributed by atoms with Crippen molar-refractivity contribution in [1.29, 1.82) is 0 Å². The maximum Gasteiger partial charge on any atom is 0.235 e. The van der Waals surface area contributed by atoms with Gasteiger partial charge in [-0.3, -0.25) is 4.72 Å². The summed E-state index contributed by atoms with van der Waals surface area (Å²) in [4.78, 5) is 13.9. The van der Waals surface area contributed by atoms with Crippen molar-refractivity contribution in [2.45, 2.75) is 70.4 Å². The van der Waals surface area contributed by atoms with Gasteiger partial charge in [-0.15, -0.1) is 0 Å². The minimum atomic E-state index is -3.40. The lowest BCUT2D eigenvalue weighted by Crippen LogP contribution is -2.29. The fraction of sp³-hybridized carbons (Fsp3) is 0.500. The number of anilines is 4. The summed E-state index contributed by atoms with van der Waals surface area (Å²) in [5.74, 6) is 1.09. The summed E-state index contributed by atoms with van der Waals surface area (Å²) < 4.78 is 28.7. The van der Waals surface area contributed by atoms with Gasteiger partial charge in [-0.1, -0.05) is 0 Å². The van der Waals surface area contributed by atoms with E-state index >= 15 is 0 Å². The molecule has 11 heteroatoms. The molecule has 1 aromatic carbocycles. The number of fused-ring (bicyclic) bond motifs is 1. The van der Waals surface area contributed by atoms with E-state index in [1.54, 1.807) is 44.4 Å². The number of benzene rings is 1. The number of aryl methyl sites for hydroxylation is 1. The van der Waals surface area contributed by atoms with Crippen LogP contribution in [0.25, 0.3) is 11.2 Å². The quantitative estimate of drug-likeness (QED) is 0.391. The second-order valence-corrected chi connectivity index (χ2v) is 10.9. The fourth-order valence-corrected chi connectivity index (χ4v) is 4.47. The first kappa shape index (κ1) is 23.2. The van der Waals surface area contributed by atoms with Crippen molar-refractivity contribution < 1.29 is 13.5 Å². The molecule has 2 heterocycles. The first-order chi connectivity index (χ1) is 15.7. The number of sulfonamides is 1. The molecule has 0 saturated heterocycles. The number of aromatic nitrogens is 4. The Bertz CT molecular complexity index is 1200. The molecule has 0 spiro atoms. The Morgan fingerprint density at radius 3 is 2.39 bits per heavy atom. The molecule has 0 bridgehead atoms. The molecule has 0 amide bonds. The van der Waals surface area contributed by atoms with E-state index in [-0.39, 0.29) is 12.1 Å². The number of nitrogens with zero attached hydrogens (tertiary/aromatic N) is 4. The monoisotopic (exact) mass is 473 g/mol. The maximum atomic E-state index is 12.1. The van der Waals surface area contributed by atoms with Crippen LogP contribution in [0, 0.1) is 0 Å². The van der Waals surface area contributed by atoms with Crippen LogP contribution < -0.4 is 15.4 Å². The number of hydrogen-bond acceptors (Lipinski definition) is 8. The Balaban J connectivity index is 1.58.